The second-order valence-corrected chi connectivity index (χ2v) is 7.14. The molecule has 0 bridgehead atoms. The van der Waals surface area contributed by atoms with E-state index in [2.05, 4.69) is 30.3 Å². The molecule has 0 saturated heterocycles. The van der Waals surface area contributed by atoms with Gasteiger partial charge in [-0.1, -0.05) is 48.5 Å². The number of fused-ring (bicyclic) bond motifs is 1. The van der Waals surface area contributed by atoms with Crippen molar-refractivity contribution >= 4 is 34.1 Å². The molecule has 4 N–H and O–H groups in total. The van der Waals surface area contributed by atoms with E-state index in [1.807, 2.05) is 54.6 Å². The third-order valence-electron chi connectivity index (χ3n) is 4.23. The minimum atomic E-state index is -0.266. The quantitative estimate of drug-likeness (QED) is 0.386. The highest BCUT2D eigenvalue weighted by Crippen LogP contribution is 2.24. The molecule has 0 aliphatic carbocycles. The molecule has 1 heterocycles. The maximum absolute atomic E-state index is 12.8. The number of hydrazine groups is 1. The first-order chi connectivity index (χ1) is 13.5. The first-order valence-electron chi connectivity index (χ1n) is 9.13. The Morgan fingerprint density at radius 1 is 1.04 bits per heavy atom. The van der Waals surface area contributed by atoms with Crippen molar-refractivity contribution in [2.45, 2.75) is 0 Å². The number of hydrogen-bond acceptors (Lipinski definition) is 3. The maximum Gasteiger partial charge on any atom is 0.270 e. The topological polar surface area (TPSA) is 70.5 Å². The molecule has 3 rings (SSSR count). The fourth-order valence-corrected chi connectivity index (χ4v) is 2.92. The highest BCUT2D eigenvalue weighted by Gasteiger charge is 2.14. The first-order valence-corrected chi connectivity index (χ1v) is 9.54. The number of carbonyl (C=O) groups excluding carboxylic acids is 1. The molecule has 0 atom stereocenters. The van der Waals surface area contributed by atoms with Gasteiger partial charge >= 0.3 is 0 Å². The van der Waals surface area contributed by atoms with Crippen LogP contribution in [0.15, 0.2) is 60.7 Å². The molecule has 144 valence electrons. The molecule has 0 fully saturated rings. The zero-order valence-corrected chi connectivity index (χ0v) is 16.8. The van der Waals surface area contributed by atoms with Gasteiger partial charge in [-0.05, 0) is 24.4 Å². The molecule has 28 heavy (non-hydrogen) atoms. The lowest BCUT2D eigenvalue weighted by molar-refractivity contribution is -0.856. The summed E-state index contributed by atoms with van der Waals surface area (Å²) in [6, 6.07) is 19.2. The summed E-state index contributed by atoms with van der Waals surface area (Å²) in [6.45, 7) is 1.64. The standard InChI is InChI=1S/C21H23N5OS/c1-26(2)13-12-22-21(28)25-24-20(27)17-14-19(15-8-4-3-5-9-15)23-18-11-7-6-10-16(17)18/h3-11,14H,12-13H2,1-2H3,(H,24,27)(H2,22,25,28)/p+1. The largest absolute Gasteiger partial charge is 0.356 e. The van der Waals surface area contributed by atoms with E-state index in [-0.39, 0.29) is 5.91 Å². The van der Waals surface area contributed by atoms with Gasteiger partial charge in [0.25, 0.3) is 5.91 Å². The van der Waals surface area contributed by atoms with Gasteiger partial charge in [-0.25, -0.2) is 4.98 Å². The smallest absolute Gasteiger partial charge is 0.270 e. The summed E-state index contributed by atoms with van der Waals surface area (Å²) in [6.07, 6.45) is 0. The molecule has 1 aromatic heterocycles. The van der Waals surface area contributed by atoms with Gasteiger partial charge < -0.3 is 10.2 Å². The Labute approximate surface area is 169 Å². The molecule has 2 aromatic carbocycles. The fraction of sp³-hybridized carbons (Fsp3) is 0.190. The highest BCUT2D eigenvalue weighted by atomic mass is 32.1. The van der Waals surface area contributed by atoms with Crippen molar-refractivity contribution in [1.82, 2.24) is 21.2 Å². The molecule has 0 radical (unpaired) electrons. The number of aromatic nitrogens is 1. The van der Waals surface area contributed by atoms with Crippen LogP contribution in [0.1, 0.15) is 10.4 Å². The Hall–Kier alpha value is -3.03. The monoisotopic (exact) mass is 394 g/mol. The predicted octanol–water partition coefficient (Wildman–Crippen LogP) is 1.16. The number of likely N-dealkylation sites (N-methyl/N-ethyl adjacent to an activating group) is 1. The lowest BCUT2D eigenvalue weighted by atomic mass is 10.0. The van der Waals surface area contributed by atoms with Gasteiger partial charge in [0.1, 0.15) is 0 Å². The fourth-order valence-electron chi connectivity index (χ4n) is 2.77. The van der Waals surface area contributed by atoms with Crippen LogP contribution in [0, 0.1) is 0 Å². The van der Waals surface area contributed by atoms with Crippen molar-refractivity contribution in [2.24, 2.45) is 0 Å². The summed E-state index contributed by atoms with van der Waals surface area (Å²) in [5, 5.41) is 4.24. The van der Waals surface area contributed by atoms with Gasteiger partial charge in [-0.2, -0.15) is 0 Å². The summed E-state index contributed by atoms with van der Waals surface area (Å²) in [7, 11) is 4.14. The SMILES string of the molecule is C[NH+](C)CCNC(=S)NNC(=O)c1cc(-c2ccccc2)nc2ccccc12. The van der Waals surface area contributed by atoms with Gasteiger partial charge in [-0.3, -0.25) is 15.6 Å². The molecular weight excluding hydrogens is 370 g/mol. The van der Waals surface area contributed by atoms with Crippen LogP contribution in [-0.2, 0) is 0 Å². The molecule has 0 unspecified atom stereocenters. The van der Waals surface area contributed by atoms with Crippen molar-refractivity contribution in [3.05, 3.63) is 66.2 Å². The van der Waals surface area contributed by atoms with Gasteiger partial charge in [0.2, 0.25) is 0 Å². The zero-order valence-electron chi connectivity index (χ0n) is 16.0. The number of nitrogens with one attached hydrogen (secondary N) is 4. The number of amides is 1. The summed E-state index contributed by atoms with van der Waals surface area (Å²) < 4.78 is 0. The highest BCUT2D eigenvalue weighted by molar-refractivity contribution is 7.80. The van der Waals surface area contributed by atoms with Crippen LogP contribution in [-0.4, -0.2) is 43.2 Å². The van der Waals surface area contributed by atoms with Crippen LogP contribution in [0.5, 0.6) is 0 Å². The summed E-state index contributed by atoms with van der Waals surface area (Å²) >= 11 is 5.21. The average molecular weight is 395 g/mol. The number of rotatable bonds is 5. The average Bonchev–Trinajstić information content (AvgIpc) is 2.71. The van der Waals surface area contributed by atoms with E-state index < -0.39 is 0 Å². The summed E-state index contributed by atoms with van der Waals surface area (Å²) in [5.74, 6) is -0.266. The number of hydrogen-bond donors (Lipinski definition) is 4. The maximum atomic E-state index is 12.8. The third-order valence-corrected chi connectivity index (χ3v) is 4.48. The number of para-hydroxylation sites is 1. The van der Waals surface area contributed by atoms with Gasteiger partial charge in [-0.15, -0.1) is 0 Å². The molecule has 6 nitrogen and oxygen atoms in total. The first kappa shape index (κ1) is 19.7. The van der Waals surface area contributed by atoms with Crippen LogP contribution >= 0.6 is 12.2 Å². The molecule has 0 aliphatic heterocycles. The molecule has 1 amide bonds. The minimum absolute atomic E-state index is 0.266. The summed E-state index contributed by atoms with van der Waals surface area (Å²) in [4.78, 5) is 18.9. The minimum Gasteiger partial charge on any atom is -0.356 e. The normalized spacial score (nSPS) is 10.7. The van der Waals surface area contributed by atoms with E-state index in [0.717, 1.165) is 35.2 Å². The Morgan fingerprint density at radius 2 is 1.75 bits per heavy atom. The van der Waals surface area contributed by atoms with Gasteiger partial charge in [0, 0.05) is 10.9 Å². The second kappa shape index (κ2) is 9.25. The van der Waals surface area contributed by atoms with Crippen molar-refractivity contribution in [3.8, 4) is 11.3 Å². The van der Waals surface area contributed by atoms with E-state index in [1.165, 1.54) is 4.90 Å². The number of quaternary nitrogens is 1. The van der Waals surface area contributed by atoms with Crippen LogP contribution in [0.25, 0.3) is 22.2 Å². The van der Waals surface area contributed by atoms with E-state index in [9.17, 15) is 4.79 Å². The van der Waals surface area contributed by atoms with E-state index in [4.69, 9.17) is 17.2 Å². The number of carbonyl (C=O) groups is 1. The molecule has 0 spiro atoms. The third kappa shape index (κ3) is 5.03. The molecule has 0 saturated carbocycles. The molecule has 7 heteroatoms. The lowest BCUT2D eigenvalue weighted by Gasteiger charge is -2.14. The van der Waals surface area contributed by atoms with E-state index in [1.54, 1.807) is 6.07 Å². The summed E-state index contributed by atoms with van der Waals surface area (Å²) in [5.41, 5.74) is 8.46. The Bertz CT molecular complexity index is 975. The number of pyridine rings is 1. The van der Waals surface area contributed by atoms with Gasteiger partial charge in [0.05, 0.1) is 44.0 Å². The number of benzene rings is 2. The molecule has 0 aliphatic rings. The van der Waals surface area contributed by atoms with Crippen molar-refractivity contribution in [3.63, 3.8) is 0 Å². The number of thiocarbonyl (C=S) groups is 1. The second-order valence-electron chi connectivity index (χ2n) is 6.73. The Balaban J connectivity index is 1.79. The van der Waals surface area contributed by atoms with Crippen LogP contribution in [0.2, 0.25) is 0 Å². The zero-order chi connectivity index (χ0) is 19.9. The Kier molecular flexibility index (Phi) is 6.52. The Morgan fingerprint density at radius 3 is 2.50 bits per heavy atom. The predicted molar refractivity (Wildman–Crippen MR) is 116 cm³/mol. The number of nitrogens with zero attached hydrogens (tertiary/aromatic N) is 1. The lowest BCUT2D eigenvalue weighted by Crippen LogP contribution is -3.06. The van der Waals surface area contributed by atoms with Crippen molar-refractivity contribution < 1.29 is 9.69 Å². The van der Waals surface area contributed by atoms with Crippen molar-refractivity contribution in [2.75, 3.05) is 27.2 Å². The molecular formula is C21H24N5OS+. The van der Waals surface area contributed by atoms with Crippen LogP contribution in [0.3, 0.4) is 0 Å². The van der Waals surface area contributed by atoms with Crippen LogP contribution in [0.4, 0.5) is 0 Å². The van der Waals surface area contributed by atoms with E-state index >= 15 is 0 Å². The van der Waals surface area contributed by atoms with Gasteiger partial charge in [0.15, 0.2) is 5.11 Å². The van der Waals surface area contributed by atoms with Crippen molar-refractivity contribution in [1.29, 1.82) is 0 Å². The van der Waals surface area contributed by atoms with E-state index in [0.29, 0.717) is 10.7 Å². The molecule has 3 aromatic rings. The van der Waals surface area contributed by atoms with Crippen LogP contribution < -0.4 is 21.1 Å².